The van der Waals surface area contributed by atoms with E-state index >= 15 is 0 Å². The summed E-state index contributed by atoms with van der Waals surface area (Å²) < 4.78 is 74.7. The maximum Gasteiger partial charge on any atom is 0.232 e. The van der Waals surface area contributed by atoms with E-state index in [-0.39, 0.29) is 48.3 Å². The van der Waals surface area contributed by atoms with Gasteiger partial charge in [0.1, 0.15) is 17.2 Å². The largest absolute Gasteiger partial charge is 0.493 e. The van der Waals surface area contributed by atoms with Crippen LogP contribution in [-0.4, -0.2) is 68.1 Å². The fraction of sp³-hybridized carbons (Fsp3) is 0.327. The number of hydrogen-bond donors (Lipinski definition) is 4. The van der Waals surface area contributed by atoms with Crippen LogP contribution in [0, 0.1) is 34.6 Å². The molecular formula is C113H138N4O11P4. The summed E-state index contributed by atoms with van der Waals surface area (Å²) in [6.45, 7) is 27.1. The van der Waals surface area contributed by atoms with Crippen LogP contribution in [0.2, 0.25) is 0 Å². The van der Waals surface area contributed by atoms with Crippen molar-refractivity contribution in [1.29, 1.82) is 0 Å². The highest BCUT2D eigenvalue weighted by molar-refractivity contribution is 7.80. The minimum Gasteiger partial charge on any atom is -0.493 e. The minimum absolute atomic E-state index is 0.0601. The molecule has 0 aromatic heterocycles. The predicted octanol–water partition coefficient (Wildman–Crippen LogP) is 25.0. The van der Waals surface area contributed by atoms with Gasteiger partial charge in [-0.2, -0.15) is 0 Å². The average Bonchev–Trinajstić information content (AvgIpc) is 0.803. The minimum atomic E-state index is -3.13. The fourth-order valence-corrected chi connectivity index (χ4v) is 26.1. The Morgan fingerprint density at radius 3 is 0.659 bits per heavy atom. The number of amides is 4. The summed E-state index contributed by atoms with van der Waals surface area (Å²) in [6, 6.07) is 90.0. The summed E-state index contributed by atoms with van der Waals surface area (Å²) in [6.07, 6.45) is 20.3. The normalized spacial score (nSPS) is 11.3. The van der Waals surface area contributed by atoms with Crippen molar-refractivity contribution in [3.63, 3.8) is 0 Å². The fourth-order valence-electron chi connectivity index (χ4n) is 16.3. The number of carbonyl (C=O) groups excluding carboxylic acids is 4. The van der Waals surface area contributed by atoms with Crippen LogP contribution in [0.5, 0.6) is 17.2 Å². The van der Waals surface area contributed by atoms with E-state index in [1.165, 1.54) is 68.9 Å². The molecular weight excluding hydrogens is 1710 g/mol. The van der Waals surface area contributed by atoms with Crippen LogP contribution in [-0.2, 0) is 63.1 Å². The Morgan fingerprint density at radius 1 is 0.235 bits per heavy atom. The number of unbranched alkanes of at least 4 members (excludes halogenated alkanes) is 11. The van der Waals surface area contributed by atoms with E-state index in [4.69, 9.17) is 14.2 Å². The predicted molar refractivity (Wildman–Crippen MR) is 558 cm³/mol. The van der Waals surface area contributed by atoms with Gasteiger partial charge in [0.25, 0.3) is 0 Å². The summed E-state index contributed by atoms with van der Waals surface area (Å²) in [5.74, 6) is 1.71. The van der Waals surface area contributed by atoms with E-state index in [1.807, 2.05) is 319 Å². The molecule has 0 spiro atoms. The third kappa shape index (κ3) is 30.7. The lowest BCUT2D eigenvalue weighted by Crippen LogP contribution is -2.26. The summed E-state index contributed by atoms with van der Waals surface area (Å²) in [5.41, 5.74) is 12.7. The Labute approximate surface area is 786 Å². The summed E-state index contributed by atoms with van der Waals surface area (Å²) in [5, 5.41) is 17.5. The van der Waals surface area contributed by atoms with Crippen molar-refractivity contribution in [2.75, 3.05) is 65.7 Å². The molecule has 0 aliphatic carbocycles. The zero-order valence-corrected chi connectivity index (χ0v) is 83.2. The first kappa shape index (κ1) is 105. The molecule has 0 aliphatic rings. The van der Waals surface area contributed by atoms with Crippen LogP contribution >= 0.6 is 28.6 Å². The molecule has 12 aromatic carbocycles. The van der Waals surface area contributed by atoms with Gasteiger partial charge in [0, 0.05) is 65.2 Å². The molecule has 0 saturated carbocycles. The maximum absolute atomic E-state index is 14.3. The van der Waals surface area contributed by atoms with E-state index in [2.05, 4.69) is 76.7 Å². The topological polar surface area (TPSA) is 212 Å². The van der Waals surface area contributed by atoms with Crippen molar-refractivity contribution in [2.45, 2.75) is 199 Å². The van der Waals surface area contributed by atoms with Crippen molar-refractivity contribution in [1.82, 2.24) is 0 Å². The molecule has 696 valence electrons. The zero-order chi connectivity index (χ0) is 94.7. The van der Waals surface area contributed by atoms with Gasteiger partial charge in [0.15, 0.2) is 28.6 Å². The molecule has 15 nitrogen and oxygen atoms in total. The van der Waals surface area contributed by atoms with Crippen LogP contribution in [0.4, 0.5) is 22.7 Å². The first-order chi connectivity index (χ1) is 63.9. The molecule has 0 atom stereocenters. The molecule has 19 heteroatoms. The molecule has 0 bridgehead atoms. The number of carbonyl (C=O) groups is 4. The van der Waals surface area contributed by atoms with Gasteiger partial charge in [-0.3, -0.25) is 19.2 Å². The summed E-state index contributed by atoms with van der Waals surface area (Å²) >= 11 is 0. The van der Waals surface area contributed by atoms with Gasteiger partial charge in [0.2, 0.25) is 23.6 Å². The van der Waals surface area contributed by atoms with Crippen LogP contribution < -0.4 is 77.9 Å². The molecule has 12 aromatic rings. The van der Waals surface area contributed by atoms with Crippen LogP contribution in [0.25, 0.3) is 0 Å². The van der Waals surface area contributed by atoms with Gasteiger partial charge in [-0.15, -0.1) is 0 Å². The number of hydrogen-bond acceptors (Lipinski definition) is 11. The first-order valence-electron chi connectivity index (χ1n) is 47.3. The van der Waals surface area contributed by atoms with Crippen molar-refractivity contribution in [2.24, 2.45) is 0 Å². The molecule has 0 aliphatic heterocycles. The highest BCUT2D eigenvalue weighted by Crippen LogP contribution is 2.47. The highest BCUT2D eigenvalue weighted by atomic mass is 31.2. The Hall–Kier alpha value is -11.2. The molecule has 0 heterocycles. The Bertz CT molecular complexity index is 5640. The molecule has 0 saturated heterocycles. The standard InChI is InChI=1S/C35H48NO3P.C28H34NO3P.C26H30NO3P.C24H26NO2P/c1-4-6-7-8-9-10-11-12-13-20-25-39-35-29(3)26-31(27-30(35)5-2)36-34(37)28-40(38,32-21-16-14-17-22-32)33-23-18-15-19-24-33;1-4-6-13-18-32-28-22(3)19-24(20-23(28)5-2)29-27(30)21-33(31,25-14-9-7-10-15-25)26-16-11-8-12-17-26;1-4-16-30-26-20(3)17-22(18-21(26)5-2)27-25(28)19-31(29,23-12-8-6-9-13-23)24-14-10-7-11-15-24;1-4-20-16-21(15-18(2)19(20)3)25-24(26)17-28(27,22-11-7-5-8-12-22)23-13-9-6-10-14-23/h14-19,21-24,26-27H,4-13,20,25,28H2,1-3H3,(H,36,37);7-12,14-17,19-20H,4-6,13,18,21H2,1-3H3,(H,29,30);6-15,17-18H,4-5,16,19H2,1-3H3,(H,27,28);5-16H,4,17H2,1-3H3,(H,25,26). The Morgan fingerprint density at radius 2 is 0.432 bits per heavy atom. The lowest BCUT2D eigenvalue weighted by atomic mass is 10.0. The number of anilines is 4. The Balaban J connectivity index is 0.000000200. The average molecular weight is 1850 g/mol. The zero-order valence-electron chi connectivity index (χ0n) is 79.7. The second kappa shape index (κ2) is 54.1. The summed E-state index contributed by atoms with van der Waals surface area (Å²) in [4.78, 5) is 52.3. The summed E-state index contributed by atoms with van der Waals surface area (Å²) in [7, 11) is -12.4. The van der Waals surface area contributed by atoms with Gasteiger partial charge in [0.05, 0.1) is 44.5 Å². The van der Waals surface area contributed by atoms with Gasteiger partial charge >= 0.3 is 0 Å². The van der Waals surface area contributed by atoms with E-state index in [0.717, 1.165) is 125 Å². The number of aryl methyl sites for hydroxylation is 8. The molecule has 4 N–H and O–H groups in total. The van der Waals surface area contributed by atoms with Gasteiger partial charge < -0.3 is 53.7 Å². The third-order valence-corrected chi connectivity index (χ3v) is 35.5. The van der Waals surface area contributed by atoms with Crippen molar-refractivity contribution in [3.8, 4) is 17.2 Å². The van der Waals surface area contributed by atoms with Crippen LogP contribution in [0.3, 0.4) is 0 Å². The molecule has 0 fully saturated rings. The van der Waals surface area contributed by atoms with Gasteiger partial charge in [-0.05, 0) is 178 Å². The van der Waals surface area contributed by atoms with E-state index in [0.29, 0.717) is 73.6 Å². The molecule has 12 rings (SSSR count). The molecule has 0 radical (unpaired) electrons. The number of ether oxygens (including phenoxy) is 3. The second-order valence-electron chi connectivity index (χ2n) is 33.7. The Kier molecular flexibility index (Phi) is 42.9. The first-order valence-corrected chi connectivity index (χ1v) is 54.8. The third-order valence-electron chi connectivity index (χ3n) is 23.5. The molecule has 132 heavy (non-hydrogen) atoms. The monoisotopic (exact) mass is 1850 g/mol. The van der Waals surface area contributed by atoms with E-state index in [9.17, 15) is 37.4 Å². The molecule has 0 unspecified atom stereocenters. The van der Waals surface area contributed by atoms with E-state index < -0.39 is 28.6 Å². The second-order valence-corrected chi connectivity index (χ2v) is 45.1. The van der Waals surface area contributed by atoms with Gasteiger partial charge in [-0.1, -0.05) is 362 Å². The lowest BCUT2D eigenvalue weighted by molar-refractivity contribution is -0.114. The quantitative estimate of drug-likeness (QED) is 0.0208. The van der Waals surface area contributed by atoms with Crippen molar-refractivity contribution in [3.05, 3.63) is 341 Å². The van der Waals surface area contributed by atoms with Crippen molar-refractivity contribution < 1.29 is 51.6 Å². The maximum atomic E-state index is 14.3. The van der Waals surface area contributed by atoms with Crippen LogP contribution in [0.1, 0.15) is 188 Å². The molecule has 4 amide bonds. The van der Waals surface area contributed by atoms with Crippen molar-refractivity contribution >= 4 is 117 Å². The van der Waals surface area contributed by atoms with Gasteiger partial charge in [-0.25, -0.2) is 0 Å². The number of nitrogens with one attached hydrogen (secondary N) is 4. The number of benzene rings is 12. The SMILES string of the molecule is CCCCCCCCCCCCOc1c(C)cc(NC(=O)CP(=O)(c2ccccc2)c2ccccc2)cc1CC.CCCCCOc1c(C)cc(NC(=O)CP(=O)(c2ccccc2)c2ccccc2)cc1CC.CCCOc1c(C)cc(NC(=O)CP(=O)(c2ccccc2)c2ccccc2)cc1CC.CCc1cc(NC(=O)CP(=O)(c2ccccc2)c2ccccc2)cc(C)c1C. The van der Waals surface area contributed by atoms with E-state index in [1.54, 1.807) is 0 Å². The smallest absolute Gasteiger partial charge is 0.232 e. The highest BCUT2D eigenvalue weighted by Gasteiger charge is 2.35. The lowest BCUT2D eigenvalue weighted by Gasteiger charge is -2.20. The van der Waals surface area contributed by atoms with Crippen LogP contribution in [0.15, 0.2) is 291 Å². The number of rotatable bonds is 44.